The van der Waals surface area contributed by atoms with E-state index in [0.717, 1.165) is 53.9 Å². The number of aryl methyl sites for hydroxylation is 1. The Morgan fingerprint density at radius 1 is 1.25 bits per heavy atom. The zero-order valence-corrected chi connectivity index (χ0v) is 15.5. The van der Waals surface area contributed by atoms with Crippen molar-refractivity contribution >= 4 is 11.0 Å². The molecule has 7 heteroatoms. The number of fused-ring (bicyclic) bond motifs is 1. The van der Waals surface area contributed by atoms with E-state index in [1.807, 2.05) is 25.5 Å². The lowest BCUT2D eigenvalue weighted by Gasteiger charge is -2.09. The molecule has 0 aliphatic carbocycles. The van der Waals surface area contributed by atoms with Gasteiger partial charge in [-0.1, -0.05) is 0 Å². The number of aromatic amines is 1. The molecule has 0 radical (unpaired) electrons. The van der Waals surface area contributed by atoms with Crippen molar-refractivity contribution in [2.75, 3.05) is 13.2 Å². The van der Waals surface area contributed by atoms with Gasteiger partial charge in [0.05, 0.1) is 11.9 Å². The quantitative estimate of drug-likeness (QED) is 0.588. The molecule has 5 rings (SSSR count). The third kappa shape index (κ3) is 2.97. The lowest BCUT2D eigenvalue weighted by Crippen LogP contribution is -2.03. The first-order valence-corrected chi connectivity index (χ1v) is 9.37. The van der Waals surface area contributed by atoms with E-state index in [4.69, 9.17) is 4.74 Å². The van der Waals surface area contributed by atoms with E-state index in [1.54, 1.807) is 16.9 Å². The second-order valence-corrected chi connectivity index (χ2v) is 7.26. The van der Waals surface area contributed by atoms with Crippen LogP contribution < -0.4 is 0 Å². The summed E-state index contributed by atoms with van der Waals surface area (Å²) in [5, 5.41) is 5.69. The average molecular weight is 377 g/mol. The van der Waals surface area contributed by atoms with Crippen LogP contribution in [0.5, 0.6) is 0 Å². The molecule has 1 fully saturated rings. The lowest BCUT2D eigenvalue weighted by molar-refractivity contribution is 0.186. The fourth-order valence-electron chi connectivity index (χ4n) is 3.96. The Bertz CT molecular complexity index is 1130. The first-order chi connectivity index (χ1) is 13.7. The number of rotatable bonds is 4. The van der Waals surface area contributed by atoms with Crippen LogP contribution in [0.2, 0.25) is 0 Å². The maximum absolute atomic E-state index is 13.3. The normalized spacial score (nSPS) is 16.9. The van der Waals surface area contributed by atoms with Gasteiger partial charge in [-0.2, -0.15) is 5.10 Å². The Hall–Kier alpha value is -3.06. The standard InChI is InChI=1S/C21H20FN5O/c1-27-11-17(20(26-27)18-3-2-15(22)10-24-18)16-4-6-23-21-19(16)14(9-25-21)8-13-5-7-28-12-13/h2-4,6,9-11,13H,5,7-8,12H2,1H3,(H,23,25)/t13-/m0/s1. The molecular formula is C21H20FN5O. The van der Waals surface area contributed by atoms with Crippen LogP contribution in [0.4, 0.5) is 4.39 Å². The zero-order chi connectivity index (χ0) is 19.1. The Morgan fingerprint density at radius 3 is 2.96 bits per heavy atom. The highest BCUT2D eigenvalue weighted by Crippen LogP contribution is 2.36. The second kappa shape index (κ2) is 6.83. The third-order valence-corrected chi connectivity index (χ3v) is 5.28. The van der Waals surface area contributed by atoms with Gasteiger partial charge in [0.2, 0.25) is 0 Å². The summed E-state index contributed by atoms with van der Waals surface area (Å²) in [6.07, 6.45) is 9.07. The number of nitrogens with zero attached hydrogens (tertiary/aromatic N) is 4. The molecule has 4 aromatic rings. The van der Waals surface area contributed by atoms with Crippen LogP contribution in [0.3, 0.4) is 0 Å². The van der Waals surface area contributed by atoms with Crippen molar-refractivity contribution in [3.8, 4) is 22.5 Å². The predicted molar refractivity (Wildman–Crippen MR) is 104 cm³/mol. The van der Waals surface area contributed by atoms with Crippen molar-refractivity contribution in [1.29, 1.82) is 0 Å². The van der Waals surface area contributed by atoms with Crippen molar-refractivity contribution in [3.05, 3.63) is 54.4 Å². The third-order valence-electron chi connectivity index (χ3n) is 5.28. The summed E-state index contributed by atoms with van der Waals surface area (Å²) in [5.41, 5.74) is 5.46. The number of hydrogen-bond acceptors (Lipinski definition) is 4. The molecule has 0 bridgehead atoms. The highest BCUT2D eigenvalue weighted by atomic mass is 19.1. The van der Waals surface area contributed by atoms with Crippen LogP contribution in [0.1, 0.15) is 12.0 Å². The molecule has 6 nitrogen and oxygen atoms in total. The Balaban J connectivity index is 1.65. The van der Waals surface area contributed by atoms with E-state index in [1.165, 1.54) is 17.8 Å². The number of ether oxygens (including phenoxy) is 1. The number of nitrogens with one attached hydrogen (secondary N) is 1. The van der Waals surface area contributed by atoms with Gasteiger partial charge >= 0.3 is 0 Å². The van der Waals surface area contributed by atoms with Gasteiger partial charge < -0.3 is 9.72 Å². The summed E-state index contributed by atoms with van der Waals surface area (Å²) in [6, 6.07) is 5.08. The monoisotopic (exact) mass is 377 g/mol. The van der Waals surface area contributed by atoms with E-state index in [0.29, 0.717) is 11.6 Å². The molecule has 0 spiro atoms. The molecule has 0 amide bonds. The van der Waals surface area contributed by atoms with Gasteiger partial charge in [0.1, 0.15) is 17.2 Å². The molecule has 1 aliphatic rings. The minimum atomic E-state index is -0.362. The van der Waals surface area contributed by atoms with Crippen LogP contribution in [-0.4, -0.2) is 37.9 Å². The second-order valence-electron chi connectivity index (χ2n) is 7.26. The molecule has 5 heterocycles. The largest absolute Gasteiger partial charge is 0.381 e. The summed E-state index contributed by atoms with van der Waals surface area (Å²) in [7, 11) is 1.88. The van der Waals surface area contributed by atoms with Gasteiger partial charge in [-0.05, 0) is 48.1 Å². The molecule has 28 heavy (non-hydrogen) atoms. The van der Waals surface area contributed by atoms with Crippen molar-refractivity contribution < 1.29 is 9.13 Å². The van der Waals surface area contributed by atoms with Crippen LogP contribution >= 0.6 is 0 Å². The lowest BCUT2D eigenvalue weighted by atomic mass is 9.95. The average Bonchev–Trinajstić information content (AvgIpc) is 3.43. The highest BCUT2D eigenvalue weighted by molar-refractivity contribution is 5.98. The van der Waals surface area contributed by atoms with Gasteiger partial charge in [0.25, 0.3) is 0 Å². The fraction of sp³-hybridized carbons (Fsp3) is 0.286. The molecule has 0 unspecified atom stereocenters. The number of halogens is 1. The predicted octanol–water partition coefficient (Wildman–Crippen LogP) is 3.74. The van der Waals surface area contributed by atoms with Crippen molar-refractivity contribution in [2.24, 2.45) is 13.0 Å². The highest BCUT2D eigenvalue weighted by Gasteiger charge is 2.22. The maximum atomic E-state index is 13.3. The molecule has 1 saturated heterocycles. The van der Waals surface area contributed by atoms with Gasteiger partial charge in [0.15, 0.2) is 0 Å². The topological polar surface area (TPSA) is 68.6 Å². The molecule has 1 N–H and O–H groups in total. The van der Waals surface area contributed by atoms with Crippen LogP contribution in [0.15, 0.2) is 43.0 Å². The Labute approximate surface area is 161 Å². The van der Waals surface area contributed by atoms with Crippen LogP contribution in [-0.2, 0) is 18.2 Å². The molecular weight excluding hydrogens is 357 g/mol. The van der Waals surface area contributed by atoms with Crippen molar-refractivity contribution in [3.63, 3.8) is 0 Å². The molecule has 0 saturated carbocycles. The van der Waals surface area contributed by atoms with E-state index < -0.39 is 0 Å². The fourth-order valence-corrected chi connectivity index (χ4v) is 3.96. The number of aromatic nitrogens is 5. The first kappa shape index (κ1) is 17.1. The van der Waals surface area contributed by atoms with Gasteiger partial charge in [-0.15, -0.1) is 0 Å². The summed E-state index contributed by atoms with van der Waals surface area (Å²) in [6.45, 7) is 1.64. The Morgan fingerprint density at radius 2 is 2.18 bits per heavy atom. The number of H-pyrrole nitrogens is 1. The summed E-state index contributed by atoms with van der Waals surface area (Å²) in [5.74, 6) is 0.165. The smallest absolute Gasteiger partial charge is 0.141 e. The van der Waals surface area contributed by atoms with Crippen molar-refractivity contribution in [2.45, 2.75) is 12.8 Å². The van der Waals surface area contributed by atoms with E-state index in [2.05, 4.69) is 20.1 Å². The van der Waals surface area contributed by atoms with Crippen molar-refractivity contribution in [1.82, 2.24) is 24.7 Å². The van der Waals surface area contributed by atoms with Crippen LogP contribution in [0.25, 0.3) is 33.5 Å². The summed E-state index contributed by atoms with van der Waals surface area (Å²) in [4.78, 5) is 12.0. The van der Waals surface area contributed by atoms with E-state index >= 15 is 0 Å². The molecule has 4 aromatic heterocycles. The van der Waals surface area contributed by atoms with Gasteiger partial charge in [-0.3, -0.25) is 9.67 Å². The summed E-state index contributed by atoms with van der Waals surface area (Å²) < 4.78 is 20.6. The molecule has 142 valence electrons. The zero-order valence-electron chi connectivity index (χ0n) is 15.5. The van der Waals surface area contributed by atoms with E-state index in [9.17, 15) is 4.39 Å². The Kier molecular flexibility index (Phi) is 4.16. The molecule has 1 aliphatic heterocycles. The first-order valence-electron chi connectivity index (χ1n) is 9.37. The SMILES string of the molecule is Cn1cc(-c2ccnc3[nH]cc(C[C@@H]4CCOC4)c23)c(-c2ccc(F)cn2)n1. The summed E-state index contributed by atoms with van der Waals surface area (Å²) >= 11 is 0. The molecule has 1 atom stereocenters. The minimum Gasteiger partial charge on any atom is -0.381 e. The van der Waals surface area contributed by atoms with Gasteiger partial charge in [0, 0.05) is 49.8 Å². The van der Waals surface area contributed by atoms with Gasteiger partial charge in [-0.25, -0.2) is 9.37 Å². The molecule has 0 aromatic carbocycles. The van der Waals surface area contributed by atoms with E-state index in [-0.39, 0.29) is 5.82 Å². The number of hydrogen-bond donors (Lipinski definition) is 1. The minimum absolute atomic E-state index is 0.362. The maximum Gasteiger partial charge on any atom is 0.141 e. The van der Waals surface area contributed by atoms with Crippen LogP contribution in [0, 0.1) is 11.7 Å². The number of pyridine rings is 2.